The number of carbonyl (C=O) groups excluding carboxylic acids is 2. The molecule has 4 nitrogen and oxygen atoms in total. The van der Waals surface area contributed by atoms with Crippen molar-refractivity contribution in [3.05, 3.63) is 22.1 Å². The van der Waals surface area contributed by atoms with Crippen molar-refractivity contribution in [2.24, 2.45) is 5.92 Å². The van der Waals surface area contributed by atoms with Gasteiger partial charge in [0.15, 0.2) is 15.8 Å². The normalized spacial score (nSPS) is 11.2. The van der Waals surface area contributed by atoms with E-state index in [2.05, 4.69) is 23.8 Å². The smallest absolute Gasteiger partial charge is 0.182 e. The van der Waals surface area contributed by atoms with E-state index in [-0.39, 0.29) is 11.6 Å². The monoisotopic (exact) mass is 364 g/mol. The van der Waals surface area contributed by atoms with Crippen LogP contribution in [-0.4, -0.2) is 21.5 Å². The average Bonchev–Trinajstić information content (AvgIpc) is 3.14. The summed E-state index contributed by atoms with van der Waals surface area (Å²) in [6.45, 7) is 5.91. The fourth-order valence-electron chi connectivity index (χ4n) is 2.45. The molecule has 0 amide bonds. The second kappa shape index (κ2) is 9.18. The molecular weight excluding hydrogens is 340 g/mol. The molecule has 0 aliphatic heterocycles. The van der Waals surface area contributed by atoms with Crippen LogP contribution in [0.3, 0.4) is 0 Å². The van der Waals surface area contributed by atoms with Crippen molar-refractivity contribution in [2.75, 3.05) is 0 Å². The highest BCUT2D eigenvalue weighted by molar-refractivity contribution is 7.20. The molecule has 2 aromatic heterocycles. The third-order valence-corrected chi connectivity index (χ3v) is 5.60. The molecule has 2 aromatic rings. The number of Topliss-reactive ketones (excluding diaryl/α,β-unsaturated/α-hetero) is 2. The molecule has 0 saturated heterocycles. The van der Waals surface area contributed by atoms with Crippen LogP contribution in [0.1, 0.15) is 68.2 Å². The van der Waals surface area contributed by atoms with Crippen LogP contribution < -0.4 is 0 Å². The Balaban J connectivity index is 2.03. The molecule has 0 fully saturated rings. The Kier molecular flexibility index (Phi) is 7.24. The average molecular weight is 365 g/mol. The second-order valence-electron chi connectivity index (χ2n) is 6.41. The number of thiazole rings is 2. The number of hydrogen-bond donors (Lipinski definition) is 0. The molecule has 0 radical (unpaired) electrons. The van der Waals surface area contributed by atoms with Gasteiger partial charge in [-0.3, -0.25) is 4.79 Å². The summed E-state index contributed by atoms with van der Waals surface area (Å²) in [7, 11) is 0. The highest BCUT2D eigenvalue weighted by Crippen LogP contribution is 2.31. The Morgan fingerprint density at radius 2 is 1.88 bits per heavy atom. The fraction of sp³-hybridized carbons (Fsp3) is 0.556. The first-order chi connectivity index (χ1) is 11.5. The molecule has 0 aromatic carbocycles. The van der Waals surface area contributed by atoms with E-state index >= 15 is 0 Å². The maximum Gasteiger partial charge on any atom is 0.182 e. The summed E-state index contributed by atoms with van der Waals surface area (Å²) in [4.78, 5) is 33.5. The first kappa shape index (κ1) is 18.9. The SMILES string of the molecule is CC(=O)CCCCCC(=O)c1nc(-c2nccs2)sc1CC(C)C. The van der Waals surface area contributed by atoms with Crippen molar-refractivity contribution in [3.8, 4) is 10.0 Å². The van der Waals surface area contributed by atoms with Crippen LogP contribution >= 0.6 is 22.7 Å². The van der Waals surface area contributed by atoms with Gasteiger partial charge < -0.3 is 4.79 Å². The van der Waals surface area contributed by atoms with Gasteiger partial charge in [-0.15, -0.1) is 22.7 Å². The predicted octanol–water partition coefficient (Wildman–Crippen LogP) is 5.19. The summed E-state index contributed by atoms with van der Waals surface area (Å²) in [5.74, 6) is 0.817. The Morgan fingerprint density at radius 1 is 1.12 bits per heavy atom. The van der Waals surface area contributed by atoms with Crippen LogP contribution in [0.15, 0.2) is 11.6 Å². The summed E-state index contributed by atoms with van der Waals surface area (Å²) < 4.78 is 0. The van der Waals surface area contributed by atoms with Crippen molar-refractivity contribution in [3.63, 3.8) is 0 Å². The van der Waals surface area contributed by atoms with Crippen LogP contribution in [0.5, 0.6) is 0 Å². The molecule has 0 spiro atoms. The first-order valence-electron chi connectivity index (χ1n) is 8.39. The van der Waals surface area contributed by atoms with Gasteiger partial charge in [0.05, 0.1) is 0 Å². The Bertz CT molecular complexity index is 675. The van der Waals surface area contributed by atoms with Gasteiger partial charge in [-0.05, 0) is 32.1 Å². The van der Waals surface area contributed by atoms with E-state index in [0.717, 1.165) is 40.6 Å². The van der Waals surface area contributed by atoms with Crippen LogP contribution in [0.2, 0.25) is 0 Å². The summed E-state index contributed by atoms with van der Waals surface area (Å²) in [5, 5.41) is 3.65. The van der Waals surface area contributed by atoms with E-state index in [0.29, 0.717) is 24.5 Å². The van der Waals surface area contributed by atoms with Crippen molar-refractivity contribution < 1.29 is 9.59 Å². The van der Waals surface area contributed by atoms with Crippen molar-refractivity contribution in [2.45, 2.75) is 59.3 Å². The summed E-state index contributed by atoms with van der Waals surface area (Å²) >= 11 is 3.14. The van der Waals surface area contributed by atoms with Crippen LogP contribution in [0, 0.1) is 5.92 Å². The highest BCUT2D eigenvalue weighted by atomic mass is 32.1. The van der Waals surface area contributed by atoms with Gasteiger partial charge in [-0.25, -0.2) is 9.97 Å². The maximum absolute atomic E-state index is 12.6. The lowest BCUT2D eigenvalue weighted by atomic mass is 10.0. The number of hydrogen-bond acceptors (Lipinski definition) is 6. The van der Waals surface area contributed by atoms with Crippen molar-refractivity contribution in [1.82, 2.24) is 9.97 Å². The van der Waals surface area contributed by atoms with E-state index < -0.39 is 0 Å². The number of aromatic nitrogens is 2. The van der Waals surface area contributed by atoms with E-state index in [4.69, 9.17) is 0 Å². The van der Waals surface area contributed by atoms with Gasteiger partial charge in [-0.2, -0.15) is 0 Å². The summed E-state index contributed by atoms with van der Waals surface area (Å²) in [5.41, 5.74) is 0.630. The number of rotatable bonds is 10. The van der Waals surface area contributed by atoms with Crippen LogP contribution in [0.25, 0.3) is 10.0 Å². The lowest BCUT2D eigenvalue weighted by molar-refractivity contribution is -0.117. The van der Waals surface area contributed by atoms with Gasteiger partial charge in [0.1, 0.15) is 11.5 Å². The second-order valence-corrected chi connectivity index (χ2v) is 8.39. The summed E-state index contributed by atoms with van der Waals surface area (Å²) in [6.07, 6.45) is 6.34. The Labute approximate surface area is 151 Å². The molecule has 6 heteroatoms. The van der Waals surface area contributed by atoms with E-state index in [1.165, 1.54) is 0 Å². The van der Waals surface area contributed by atoms with E-state index in [1.807, 2.05) is 5.38 Å². The fourth-order valence-corrected chi connectivity index (χ4v) is 4.43. The molecule has 0 N–H and O–H groups in total. The van der Waals surface area contributed by atoms with Crippen LogP contribution in [-0.2, 0) is 11.2 Å². The Morgan fingerprint density at radius 3 is 2.50 bits per heavy atom. The number of unbranched alkanes of at least 4 members (excludes halogenated alkanes) is 2. The van der Waals surface area contributed by atoms with Gasteiger partial charge in [-0.1, -0.05) is 20.3 Å². The van der Waals surface area contributed by atoms with Crippen molar-refractivity contribution >= 4 is 34.2 Å². The minimum absolute atomic E-state index is 0.118. The topological polar surface area (TPSA) is 59.9 Å². The quantitative estimate of drug-likeness (QED) is 0.430. The molecule has 0 aliphatic carbocycles. The molecule has 0 unspecified atom stereocenters. The maximum atomic E-state index is 12.6. The molecule has 0 bridgehead atoms. The lowest BCUT2D eigenvalue weighted by Crippen LogP contribution is -2.05. The molecule has 0 saturated carbocycles. The highest BCUT2D eigenvalue weighted by Gasteiger charge is 2.20. The molecule has 2 heterocycles. The number of ketones is 2. The van der Waals surface area contributed by atoms with Gasteiger partial charge in [0.25, 0.3) is 0 Å². The van der Waals surface area contributed by atoms with Gasteiger partial charge in [0.2, 0.25) is 0 Å². The number of nitrogens with zero attached hydrogens (tertiary/aromatic N) is 2. The third kappa shape index (κ3) is 5.60. The molecule has 130 valence electrons. The van der Waals surface area contributed by atoms with Crippen molar-refractivity contribution in [1.29, 1.82) is 0 Å². The zero-order valence-electron chi connectivity index (χ0n) is 14.5. The molecule has 2 rings (SSSR count). The minimum atomic E-state index is 0.118. The van der Waals surface area contributed by atoms with Gasteiger partial charge in [0, 0.05) is 29.3 Å². The zero-order valence-corrected chi connectivity index (χ0v) is 16.1. The zero-order chi connectivity index (χ0) is 17.5. The lowest BCUT2D eigenvalue weighted by Gasteiger charge is -2.04. The van der Waals surface area contributed by atoms with E-state index in [9.17, 15) is 9.59 Å². The summed E-state index contributed by atoms with van der Waals surface area (Å²) in [6, 6.07) is 0. The molecule has 0 aliphatic rings. The Hall–Kier alpha value is -1.40. The van der Waals surface area contributed by atoms with Gasteiger partial charge >= 0.3 is 0 Å². The standard InChI is InChI=1S/C18H24N2O2S2/c1-12(2)11-15-16(14(22)8-6-4-5-7-13(3)21)20-18(24-15)17-19-9-10-23-17/h9-10,12H,4-8,11H2,1-3H3. The first-order valence-corrected chi connectivity index (χ1v) is 10.1. The predicted molar refractivity (Wildman–Crippen MR) is 99.9 cm³/mol. The number of carbonyl (C=O) groups is 2. The van der Waals surface area contributed by atoms with E-state index in [1.54, 1.807) is 35.8 Å². The molecule has 24 heavy (non-hydrogen) atoms. The largest absolute Gasteiger partial charge is 0.300 e. The molecular formula is C18H24N2O2S2. The molecule has 0 atom stereocenters. The van der Waals surface area contributed by atoms with Crippen LogP contribution in [0.4, 0.5) is 0 Å². The third-order valence-electron chi connectivity index (χ3n) is 3.60. The minimum Gasteiger partial charge on any atom is -0.300 e.